The Kier molecular flexibility index (Phi) is 4.47. The number of hydrogen-bond donors (Lipinski definition) is 0. The molecule has 0 radical (unpaired) electrons. The fourth-order valence-corrected chi connectivity index (χ4v) is 5.25. The number of aryl methyl sites for hydroxylation is 1. The van der Waals surface area contributed by atoms with E-state index in [0.29, 0.717) is 30.3 Å². The second kappa shape index (κ2) is 7.05. The molecule has 2 heterocycles. The van der Waals surface area contributed by atoms with Gasteiger partial charge in [0.05, 0.1) is 15.9 Å². The maximum Gasteiger partial charge on any atom is 0.265 e. The van der Waals surface area contributed by atoms with Crippen molar-refractivity contribution in [3.8, 4) is 0 Å². The zero-order valence-electron chi connectivity index (χ0n) is 17.0. The van der Waals surface area contributed by atoms with Crippen molar-refractivity contribution >= 4 is 32.5 Å². The van der Waals surface area contributed by atoms with Gasteiger partial charge in [-0.05, 0) is 50.5 Å². The molecular weight excluding hydrogens is 398 g/mol. The normalized spacial score (nSPS) is 14.5. The highest BCUT2D eigenvalue weighted by atomic mass is 32.2. The summed E-state index contributed by atoms with van der Waals surface area (Å²) in [4.78, 5) is 5.00. The minimum absolute atomic E-state index is 0.247. The summed E-state index contributed by atoms with van der Waals surface area (Å²) in [5, 5.41) is 8.83. The van der Waals surface area contributed by atoms with Crippen LogP contribution in [0.15, 0.2) is 53.4 Å². The molecule has 5 rings (SSSR count). The number of nitrogens with zero attached hydrogens (tertiary/aromatic N) is 5. The first-order valence-corrected chi connectivity index (χ1v) is 11.7. The zero-order chi connectivity index (χ0) is 20.9. The van der Waals surface area contributed by atoms with Crippen LogP contribution in [0.3, 0.4) is 0 Å². The second-order valence-corrected chi connectivity index (χ2v) is 9.67. The number of sulfonamides is 1. The predicted octanol–water partition coefficient (Wildman–Crippen LogP) is 4.07. The van der Waals surface area contributed by atoms with E-state index in [0.717, 1.165) is 35.3 Å². The summed E-state index contributed by atoms with van der Waals surface area (Å²) in [6.07, 6.45) is 2.80. The number of hydrogen-bond acceptors (Lipinski definition) is 5. The van der Waals surface area contributed by atoms with Crippen LogP contribution in [-0.4, -0.2) is 34.5 Å². The lowest BCUT2D eigenvalue weighted by atomic mass is 10.2. The minimum Gasteiger partial charge on any atom is -0.274 e. The van der Waals surface area contributed by atoms with Gasteiger partial charge in [-0.3, -0.25) is 4.40 Å². The second-order valence-electron chi connectivity index (χ2n) is 7.81. The Morgan fingerprint density at radius 1 is 1.07 bits per heavy atom. The van der Waals surface area contributed by atoms with Gasteiger partial charge in [0.15, 0.2) is 5.82 Å². The third-order valence-corrected chi connectivity index (χ3v) is 7.26. The average Bonchev–Trinajstić information content (AvgIpc) is 3.49. The molecule has 4 aromatic rings. The lowest BCUT2D eigenvalue weighted by Gasteiger charge is -2.24. The van der Waals surface area contributed by atoms with E-state index in [1.54, 1.807) is 12.1 Å². The van der Waals surface area contributed by atoms with Gasteiger partial charge in [-0.1, -0.05) is 36.8 Å². The highest BCUT2D eigenvalue weighted by Gasteiger charge is 2.33. The molecule has 0 saturated heterocycles. The molecule has 0 amide bonds. The van der Waals surface area contributed by atoms with Crippen LogP contribution in [0.25, 0.3) is 16.7 Å². The molecule has 30 heavy (non-hydrogen) atoms. The van der Waals surface area contributed by atoms with Gasteiger partial charge in [-0.2, -0.15) is 0 Å². The van der Waals surface area contributed by atoms with Gasteiger partial charge in [-0.25, -0.2) is 17.7 Å². The molecule has 2 aromatic heterocycles. The predicted molar refractivity (Wildman–Crippen MR) is 116 cm³/mol. The first-order valence-electron chi connectivity index (χ1n) is 10.2. The molecule has 0 unspecified atom stereocenters. The van der Waals surface area contributed by atoms with Crippen molar-refractivity contribution in [1.29, 1.82) is 0 Å². The van der Waals surface area contributed by atoms with Crippen molar-refractivity contribution in [3.05, 3.63) is 59.9 Å². The van der Waals surface area contributed by atoms with Crippen molar-refractivity contribution in [1.82, 2.24) is 19.6 Å². The molecule has 7 nitrogen and oxygen atoms in total. The van der Waals surface area contributed by atoms with E-state index >= 15 is 0 Å². The fourth-order valence-electron chi connectivity index (χ4n) is 3.74. The van der Waals surface area contributed by atoms with Crippen LogP contribution in [0.1, 0.15) is 43.5 Å². The summed E-state index contributed by atoms with van der Waals surface area (Å²) in [6.45, 7) is 4.20. The van der Waals surface area contributed by atoms with Crippen LogP contribution in [0, 0.1) is 6.92 Å². The Labute approximate surface area is 175 Å². The lowest BCUT2D eigenvalue weighted by molar-refractivity contribution is 0.589. The Hall–Kier alpha value is -3.00. The molecule has 1 aliphatic rings. The number of para-hydroxylation sites is 2. The molecule has 154 valence electrons. The van der Waals surface area contributed by atoms with Gasteiger partial charge >= 0.3 is 0 Å². The van der Waals surface area contributed by atoms with Crippen LogP contribution < -0.4 is 4.31 Å². The molecule has 2 aromatic carbocycles. The highest BCUT2D eigenvalue weighted by molar-refractivity contribution is 7.92. The summed E-state index contributed by atoms with van der Waals surface area (Å²) in [7, 11) is -3.80. The number of fused-ring (bicyclic) bond motifs is 3. The van der Waals surface area contributed by atoms with Crippen LogP contribution in [0.5, 0.6) is 0 Å². The Morgan fingerprint density at radius 2 is 1.80 bits per heavy atom. The van der Waals surface area contributed by atoms with Crippen LogP contribution in [0.4, 0.5) is 5.82 Å². The van der Waals surface area contributed by atoms with Crippen LogP contribution in [0.2, 0.25) is 0 Å². The monoisotopic (exact) mass is 421 g/mol. The summed E-state index contributed by atoms with van der Waals surface area (Å²) in [6, 6.07) is 14.6. The van der Waals surface area contributed by atoms with E-state index < -0.39 is 10.0 Å². The van der Waals surface area contributed by atoms with Gasteiger partial charge < -0.3 is 0 Å². The highest BCUT2D eigenvalue weighted by Crippen LogP contribution is 2.41. The lowest BCUT2D eigenvalue weighted by Crippen LogP contribution is -2.33. The summed E-state index contributed by atoms with van der Waals surface area (Å²) < 4.78 is 30.6. The van der Waals surface area contributed by atoms with E-state index in [2.05, 4.69) is 10.2 Å². The van der Waals surface area contributed by atoms with E-state index in [-0.39, 0.29) is 4.90 Å². The molecule has 1 fully saturated rings. The van der Waals surface area contributed by atoms with Crippen molar-refractivity contribution in [3.63, 3.8) is 0 Å². The van der Waals surface area contributed by atoms with Gasteiger partial charge in [0, 0.05) is 12.5 Å². The molecule has 1 aliphatic carbocycles. The maximum absolute atomic E-state index is 13.6. The van der Waals surface area contributed by atoms with Gasteiger partial charge in [0.2, 0.25) is 5.65 Å². The maximum atomic E-state index is 13.6. The number of benzene rings is 2. The number of aromatic nitrogens is 4. The fraction of sp³-hybridized carbons (Fsp3) is 0.318. The average molecular weight is 422 g/mol. The zero-order valence-corrected chi connectivity index (χ0v) is 17.8. The summed E-state index contributed by atoms with van der Waals surface area (Å²) in [5.41, 5.74) is 3.11. The molecule has 0 atom stereocenters. The first kappa shape index (κ1) is 19.0. The molecule has 0 N–H and O–H groups in total. The number of anilines is 1. The third kappa shape index (κ3) is 3.02. The summed E-state index contributed by atoms with van der Waals surface area (Å²) >= 11 is 0. The molecular formula is C22H23N5O2S. The van der Waals surface area contributed by atoms with Crippen molar-refractivity contribution < 1.29 is 8.42 Å². The smallest absolute Gasteiger partial charge is 0.265 e. The molecule has 0 bridgehead atoms. The van der Waals surface area contributed by atoms with Gasteiger partial charge in [-0.15, -0.1) is 10.2 Å². The van der Waals surface area contributed by atoms with E-state index in [1.165, 1.54) is 4.31 Å². The van der Waals surface area contributed by atoms with Gasteiger partial charge in [0.25, 0.3) is 10.0 Å². The number of rotatable bonds is 6. The van der Waals surface area contributed by atoms with Gasteiger partial charge in [0.1, 0.15) is 5.82 Å². The third-order valence-electron chi connectivity index (χ3n) is 5.45. The summed E-state index contributed by atoms with van der Waals surface area (Å²) in [5.74, 6) is 1.58. The first-order chi connectivity index (χ1) is 14.5. The largest absolute Gasteiger partial charge is 0.274 e. The Balaban J connectivity index is 1.77. The Bertz CT molecular complexity index is 1340. The van der Waals surface area contributed by atoms with Crippen LogP contribution >= 0.6 is 0 Å². The molecule has 1 saturated carbocycles. The SMILES string of the molecule is CCCN(c1nc2ccccc2n2c(C3CC3)nnc12)S(=O)(=O)c1ccc(C)cc1. The minimum atomic E-state index is -3.80. The molecule has 0 spiro atoms. The molecule has 0 aliphatic heterocycles. The Morgan fingerprint density at radius 3 is 2.50 bits per heavy atom. The van der Waals surface area contributed by atoms with E-state index in [1.807, 2.05) is 54.6 Å². The van der Waals surface area contributed by atoms with E-state index in [9.17, 15) is 8.42 Å². The van der Waals surface area contributed by atoms with Crippen molar-refractivity contribution in [2.45, 2.75) is 43.9 Å². The van der Waals surface area contributed by atoms with Crippen LogP contribution in [-0.2, 0) is 10.0 Å². The topological polar surface area (TPSA) is 80.5 Å². The standard InChI is InChI=1S/C22H23N5O2S/c1-3-14-26(30(28,29)17-12-8-15(2)9-13-17)21-22-25-24-20(16-10-11-16)27(22)19-7-5-4-6-18(19)23-21/h4-9,12-13,16H,3,10-11,14H2,1-2H3. The van der Waals surface area contributed by atoms with Crippen molar-refractivity contribution in [2.75, 3.05) is 10.8 Å². The van der Waals surface area contributed by atoms with Crippen molar-refractivity contribution in [2.24, 2.45) is 0 Å². The quantitative estimate of drug-likeness (QED) is 0.469. The van der Waals surface area contributed by atoms with E-state index in [4.69, 9.17) is 4.98 Å². The molecule has 8 heteroatoms.